The number of piperazine rings is 1. The Bertz CT molecular complexity index is 468. The molecule has 2 atom stereocenters. The lowest BCUT2D eigenvalue weighted by Gasteiger charge is -2.56. The van der Waals surface area contributed by atoms with Crippen LogP contribution in [0.25, 0.3) is 0 Å². The lowest BCUT2D eigenvalue weighted by Crippen LogP contribution is -2.67. The maximum absolute atomic E-state index is 5.32. The van der Waals surface area contributed by atoms with Crippen molar-refractivity contribution in [1.82, 2.24) is 14.8 Å². The fourth-order valence-corrected chi connectivity index (χ4v) is 3.36. The normalized spacial score (nSPS) is 26.1. The number of rotatable bonds is 5. The molecule has 20 heavy (non-hydrogen) atoms. The highest BCUT2D eigenvalue weighted by Crippen LogP contribution is 2.34. The average molecular weight is 277 g/mol. The number of nitrogens with zero attached hydrogens (tertiary/aromatic N) is 3. The largest absolute Gasteiger partial charge is 0.491 e. The summed E-state index contributed by atoms with van der Waals surface area (Å²) in [6, 6.07) is 3.46. The molecule has 0 amide bonds. The molecule has 5 nitrogen and oxygen atoms in total. The van der Waals surface area contributed by atoms with Crippen LogP contribution >= 0.6 is 0 Å². The van der Waals surface area contributed by atoms with Gasteiger partial charge in [-0.1, -0.05) is 6.92 Å². The number of aromatic nitrogens is 1. The Morgan fingerprint density at radius 2 is 2.00 bits per heavy atom. The Morgan fingerprint density at radius 1 is 1.25 bits per heavy atom. The van der Waals surface area contributed by atoms with Gasteiger partial charge in [-0.15, -0.1) is 0 Å². The number of piperidine rings is 1. The summed E-state index contributed by atoms with van der Waals surface area (Å²) in [6.45, 7) is 6.77. The van der Waals surface area contributed by atoms with E-state index >= 15 is 0 Å². The first-order chi connectivity index (χ1) is 9.75. The summed E-state index contributed by atoms with van der Waals surface area (Å²) in [5, 5.41) is 0. The minimum Gasteiger partial charge on any atom is -0.491 e. The van der Waals surface area contributed by atoms with Gasteiger partial charge in [0.05, 0.1) is 14.2 Å². The van der Waals surface area contributed by atoms with Crippen molar-refractivity contribution in [1.29, 1.82) is 0 Å². The number of likely N-dealkylation sites (N-methyl/N-ethyl adjacent to an activating group) is 1. The molecule has 1 aromatic rings. The van der Waals surface area contributed by atoms with Gasteiger partial charge in [-0.2, -0.15) is 0 Å². The minimum atomic E-state index is 0.553. The van der Waals surface area contributed by atoms with Crippen LogP contribution in [0.3, 0.4) is 0 Å². The number of ether oxygens (including phenoxy) is 2. The summed E-state index contributed by atoms with van der Waals surface area (Å²) < 4.78 is 10.5. The number of fused-ring (bicyclic) bond motifs is 2. The van der Waals surface area contributed by atoms with E-state index in [1.54, 1.807) is 14.2 Å². The lowest BCUT2D eigenvalue weighted by molar-refractivity contribution is -0.0732. The Labute approximate surface area is 120 Å². The second kappa shape index (κ2) is 5.58. The van der Waals surface area contributed by atoms with Crippen LogP contribution in [0.2, 0.25) is 0 Å². The minimum absolute atomic E-state index is 0.553. The van der Waals surface area contributed by atoms with Crippen LogP contribution in [0.1, 0.15) is 18.9 Å². The molecule has 110 valence electrons. The monoisotopic (exact) mass is 277 g/mol. The third kappa shape index (κ3) is 2.36. The predicted molar refractivity (Wildman–Crippen MR) is 77.2 cm³/mol. The molecule has 3 aliphatic rings. The van der Waals surface area contributed by atoms with Crippen LogP contribution in [0, 0.1) is 0 Å². The Balaban J connectivity index is 1.67. The smallest absolute Gasteiger partial charge is 0.256 e. The summed E-state index contributed by atoms with van der Waals surface area (Å²) >= 11 is 0. The van der Waals surface area contributed by atoms with E-state index in [0.29, 0.717) is 23.7 Å². The van der Waals surface area contributed by atoms with Gasteiger partial charge in [0.15, 0.2) is 5.75 Å². The highest BCUT2D eigenvalue weighted by Gasteiger charge is 2.43. The van der Waals surface area contributed by atoms with Crippen LogP contribution in [0.5, 0.6) is 11.6 Å². The van der Waals surface area contributed by atoms with Gasteiger partial charge in [0.1, 0.15) is 0 Å². The van der Waals surface area contributed by atoms with E-state index in [4.69, 9.17) is 9.47 Å². The second-order valence-electron chi connectivity index (χ2n) is 5.62. The lowest BCUT2D eigenvalue weighted by atomic mass is 9.87. The van der Waals surface area contributed by atoms with Crippen molar-refractivity contribution in [3.05, 3.63) is 17.8 Å². The van der Waals surface area contributed by atoms with Gasteiger partial charge in [0.2, 0.25) is 0 Å². The van der Waals surface area contributed by atoms with Gasteiger partial charge in [-0.25, -0.2) is 4.98 Å². The summed E-state index contributed by atoms with van der Waals surface area (Å²) in [5.74, 6) is 1.27. The van der Waals surface area contributed by atoms with Gasteiger partial charge < -0.3 is 14.4 Å². The second-order valence-corrected chi connectivity index (χ2v) is 5.62. The highest BCUT2D eigenvalue weighted by molar-refractivity contribution is 5.36. The molecule has 2 unspecified atom stereocenters. The third-order valence-electron chi connectivity index (χ3n) is 4.52. The van der Waals surface area contributed by atoms with Crippen LogP contribution in [-0.4, -0.2) is 60.7 Å². The van der Waals surface area contributed by atoms with Gasteiger partial charge >= 0.3 is 0 Å². The number of methoxy groups -OCH3 is 2. The van der Waals surface area contributed by atoms with Crippen molar-refractivity contribution in [2.75, 3.05) is 33.9 Å². The molecule has 3 fully saturated rings. The zero-order chi connectivity index (χ0) is 14.1. The van der Waals surface area contributed by atoms with Crippen LogP contribution < -0.4 is 9.47 Å². The highest BCUT2D eigenvalue weighted by atomic mass is 16.5. The van der Waals surface area contributed by atoms with Crippen molar-refractivity contribution in [3.63, 3.8) is 0 Å². The number of pyridine rings is 1. The Morgan fingerprint density at radius 3 is 2.60 bits per heavy atom. The van der Waals surface area contributed by atoms with Crippen LogP contribution in [0.15, 0.2) is 12.3 Å². The fraction of sp³-hybridized carbons (Fsp3) is 0.667. The maximum atomic E-state index is 5.32. The van der Waals surface area contributed by atoms with E-state index < -0.39 is 0 Å². The van der Waals surface area contributed by atoms with E-state index in [2.05, 4.69) is 21.7 Å². The number of hydrogen-bond donors (Lipinski definition) is 0. The van der Waals surface area contributed by atoms with E-state index in [1.165, 1.54) is 31.6 Å². The Hall–Kier alpha value is -1.33. The van der Waals surface area contributed by atoms with Gasteiger partial charge in [0, 0.05) is 37.9 Å². The standard InChI is InChI=1S/C15H23N3O2/c1-4-17-9-12-6-13(10-17)18(12)8-11-5-14(19-2)15(20-3)16-7-11/h5,7,12-13H,4,6,8-10H2,1-3H3. The first kappa shape index (κ1) is 13.6. The third-order valence-corrected chi connectivity index (χ3v) is 4.52. The van der Waals surface area contributed by atoms with E-state index in [1.807, 2.05) is 12.3 Å². The molecular formula is C15H23N3O2. The molecule has 2 bridgehead atoms. The van der Waals surface area contributed by atoms with E-state index in [-0.39, 0.29) is 0 Å². The Kier molecular flexibility index (Phi) is 3.81. The van der Waals surface area contributed by atoms with Crippen molar-refractivity contribution in [2.24, 2.45) is 0 Å². The molecule has 4 heterocycles. The molecule has 1 aromatic heterocycles. The van der Waals surface area contributed by atoms with Crippen molar-refractivity contribution >= 4 is 0 Å². The van der Waals surface area contributed by atoms with Crippen molar-refractivity contribution in [3.8, 4) is 11.6 Å². The number of hydrogen-bond acceptors (Lipinski definition) is 5. The zero-order valence-corrected chi connectivity index (χ0v) is 12.5. The first-order valence-corrected chi connectivity index (χ1v) is 7.30. The van der Waals surface area contributed by atoms with Crippen molar-refractivity contribution in [2.45, 2.75) is 32.0 Å². The van der Waals surface area contributed by atoms with Gasteiger partial charge in [0.25, 0.3) is 5.88 Å². The zero-order valence-electron chi connectivity index (χ0n) is 12.5. The molecule has 0 aromatic carbocycles. The quantitative estimate of drug-likeness (QED) is 0.813. The SMILES string of the molecule is CCN1CC2CC(C1)N2Cc1cnc(OC)c(OC)c1. The fourth-order valence-electron chi connectivity index (χ4n) is 3.36. The average Bonchev–Trinajstić information content (AvgIpc) is 2.52. The molecule has 3 aliphatic heterocycles. The summed E-state index contributed by atoms with van der Waals surface area (Å²) in [6.07, 6.45) is 3.24. The van der Waals surface area contributed by atoms with Gasteiger partial charge in [-0.3, -0.25) is 4.90 Å². The van der Waals surface area contributed by atoms with E-state index in [0.717, 1.165) is 6.54 Å². The summed E-state index contributed by atoms with van der Waals surface area (Å²) in [7, 11) is 3.27. The summed E-state index contributed by atoms with van der Waals surface area (Å²) in [4.78, 5) is 9.46. The molecule has 3 saturated heterocycles. The summed E-state index contributed by atoms with van der Waals surface area (Å²) in [5.41, 5.74) is 1.20. The molecule has 4 rings (SSSR count). The maximum Gasteiger partial charge on any atom is 0.256 e. The molecule has 0 spiro atoms. The molecular weight excluding hydrogens is 254 g/mol. The first-order valence-electron chi connectivity index (χ1n) is 7.30. The molecule has 0 radical (unpaired) electrons. The molecule has 0 aliphatic carbocycles. The molecule has 0 saturated carbocycles. The van der Waals surface area contributed by atoms with Crippen LogP contribution in [0.4, 0.5) is 0 Å². The van der Waals surface area contributed by atoms with Crippen LogP contribution in [-0.2, 0) is 6.54 Å². The molecule has 5 heteroatoms. The predicted octanol–water partition coefficient (Wildman–Crippen LogP) is 1.38. The van der Waals surface area contributed by atoms with E-state index in [9.17, 15) is 0 Å². The topological polar surface area (TPSA) is 37.8 Å². The molecule has 0 N–H and O–H groups in total. The van der Waals surface area contributed by atoms with Crippen molar-refractivity contribution < 1.29 is 9.47 Å². The van der Waals surface area contributed by atoms with Gasteiger partial charge in [-0.05, 0) is 24.6 Å².